The lowest BCUT2D eigenvalue weighted by Gasteiger charge is -2.18. The third-order valence-electron chi connectivity index (χ3n) is 3.46. The van der Waals surface area contributed by atoms with Crippen molar-refractivity contribution in [1.82, 2.24) is 4.98 Å². The van der Waals surface area contributed by atoms with E-state index >= 15 is 0 Å². The molecule has 1 aliphatic rings. The first-order chi connectivity index (χ1) is 9.86. The minimum Gasteiger partial charge on any atom is -0.488 e. The molecule has 0 amide bonds. The number of aldehydes is 1. The number of pyridine rings is 1. The van der Waals surface area contributed by atoms with Gasteiger partial charge in [-0.25, -0.2) is 4.98 Å². The van der Waals surface area contributed by atoms with Crippen LogP contribution in [0.2, 0.25) is 0 Å². The summed E-state index contributed by atoms with van der Waals surface area (Å²) in [4.78, 5) is 17.5. The zero-order valence-electron chi connectivity index (χ0n) is 11.1. The van der Waals surface area contributed by atoms with Crippen LogP contribution in [-0.2, 0) is 0 Å². The zero-order chi connectivity index (χ0) is 13.8. The van der Waals surface area contributed by atoms with Gasteiger partial charge in [0.05, 0.1) is 12.1 Å². The van der Waals surface area contributed by atoms with E-state index in [0.717, 1.165) is 31.6 Å². The average Bonchev–Trinajstić information content (AvgIpc) is 2.97. The van der Waals surface area contributed by atoms with Crippen molar-refractivity contribution in [3.8, 4) is 5.75 Å². The van der Waals surface area contributed by atoms with Gasteiger partial charge in [0.2, 0.25) is 0 Å². The van der Waals surface area contributed by atoms with E-state index in [0.29, 0.717) is 11.3 Å². The molecule has 2 aromatic rings. The topological polar surface area (TPSA) is 42.4 Å². The van der Waals surface area contributed by atoms with Crippen molar-refractivity contribution in [2.45, 2.75) is 12.5 Å². The van der Waals surface area contributed by atoms with Gasteiger partial charge in [0, 0.05) is 19.2 Å². The van der Waals surface area contributed by atoms with Crippen LogP contribution < -0.4 is 9.64 Å². The Morgan fingerprint density at radius 3 is 2.85 bits per heavy atom. The molecule has 0 N–H and O–H groups in total. The summed E-state index contributed by atoms with van der Waals surface area (Å²) in [6.07, 6.45) is 3.66. The Labute approximate surface area is 118 Å². The van der Waals surface area contributed by atoms with Crippen LogP contribution >= 0.6 is 0 Å². The maximum atomic E-state index is 11.0. The molecule has 0 bridgehead atoms. The summed E-state index contributed by atoms with van der Waals surface area (Å²) in [5, 5.41) is 0. The number of ether oxygens (including phenoxy) is 1. The van der Waals surface area contributed by atoms with Crippen LogP contribution in [0.4, 0.5) is 5.82 Å². The fourth-order valence-electron chi connectivity index (χ4n) is 2.44. The predicted octanol–water partition coefficient (Wildman–Crippen LogP) is 2.55. The molecule has 1 aliphatic heterocycles. The maximum Gasteiger partial charge on any atom is 0.153 e. The monoisotopic (exact) mass is 268 g/mol. The Kier molecular flexibility index (Phi) is 3.63. The lowest BCUT2D eigenvalue weighted by atomic mass is 10.2. The van der Waals surface area contributed by atoms with Crippen molar-refractivity contribution >= 4 is 12.1 Å². The summed E-state index contributed by atoms with van der Waals surface area (Å²) >= 11 is 0. The number of hydrogen-bond acceptors (Lipinski definition) is 4. The molecule has 1 aromatic heterocycles. The molecule has 4 nitrogen and oxygen atoms in total. The van der Waals surface area contributed by atoms with Gasteiger partial charge in [0.15, 0.2) is 6.29 Å². The first-order valence-electron chi connectivity index (χ1n) is 6.73. The minimum absolute atomic E-state index is 0.0955. The van der Waals surface area contributed by atoms with Gasteiger partial charge in [-0.05, 0) is 24.3 Å². The average molecular weight is 268 g/mol. The van der Waals surface area contributed by atoms with Gasteiger partial charge >= 0.3 is 0 Å². The Morgan fingerprint density at radius 2 is 2.05 bits per heavy atom. The molecular formula is C16H16N2O2. The van der Waals surface area contributed by atoms with Crippen molar-refractivity contribution in [2.75, 3.05) is 18.0 Å². The Balaban J connectivity index is 1.67. The highest BCUT2D eigenvalue weighted by Gasteiger charge is 2.25. The second-order valence-corrected chi connectivity index (χ2v) is 4.82. The van der Waals surface area contributed by atoms with Crippen LogP contribution in [0.3, 0.4) is 0 Å². The van der Waals surface area contributed by atoms with Crippen LogP contribution in [0, 0.1) is 0 Å². The second-order valence-electron chi connectivity index (χ2n) is 4.82. The van der Waals surface area contributed by atoms with Crippen LogP contribution in [0.5, 0.6) is 5.75 Å². The van der Waals surface area contributed by atoms with E-state index in [1.165, 1.54) is 0 Å². The molecule has 1 fully saturated rings. The first kappa shape index (κ1) is 12.7. The predicted molar refractivity (Wildman–Crippen MR) is 77.3 cm³/mol. The standard InChI is InChI=1S/C16H16N2O2/c19-12-13-5-1-2-6-15(13)20-14-8-10-18(11-14)16-7-3-4-9-17-16/h1-7,9,12,14H,8,10-11H2. The van der Waals surface area contributed by atoms with E-state index in [1.54, 1.807) is 12.3 Å². The van der Waals surface area contributed by atoms with Crippen molar-refractivity contribution in [3.63, 3.8) is 0 Å². The second kappa shape index (κ2) is 5.74. The van der Waals surface area contributed by atoms with E-state index in [-0.39, 0.29) is 6.10 Å². The van der Waals surface area contributed by atoms with Crippen LogP contribution in [0.1, 0.15) is 16.8 Å². The van der Waals surface area contributed by atoms with Crippen LogP contribution in [0.25, 0.3) is 0 Å². The SMILES string of the molecule is O=Cc1ccccc1OC1CCN(c2ccccn2)C1. The molecule has 0 spiro atoms. The highest BCUT2D eigenvalue weighted by molar-refractivity contribution is 5.79. The van der Waals surface area contributed by atoms with Gasteiger partial charge < -0.3 is 9.64 Å². The minimum atomic E-state index is 0.0955. The summed E-state index contributed by atoms with van der Waals surface area (Å²) < 4.78 is 5.95. The molecule has 0 aliphatic carbocycles. The zero-order valence-corrected chi connectivity index (χ0v) is 11.1. The number of rotatable bonds is 4. The molecule has 102 valence electrons. The summed E-state index contributed by atoms with van der Waals surface area (Å²) in [7, 11) is 0. The summed E-state index contributed by atoms with van der Waals surface area (Å²) in [5.74, 6) is 1.64. The summed E-state index contributed by atoms with van der Waals surface area (Å²) in [5.41, 5.74) is 0.601. The number of hydrogen-bond donors (Lipinski definition) is 0. The number of nitrogens with zero attached hydrogens (tertiary/aromatic N) is 2. The Morgan fingerprint density at radius 1 is 1.20 bits per heavy atom. The molecule has 2 heterocycles. The number of benzene rings is 1. The molecule has 1 unspecified atom stereocenters. The third kappa shape index (κ3) is 2.64. The van der Waals surface area contributed by atoms with Gasteiger partial charge in [-0.1, -0.05) is 18.2 Å². The first-order valence-corrected chi connectivity index (χ1v) is 6.73. The molecule has 3 rings (SSSR count). The Bertz CT molecular complexity index is 586. The fraction of sp³-hybridized carbons (Fsp3) is 0.250. The smallest absolute Gasteiger partial charge is 0.153 e. The molecular weight excluding hydrogens is 252 g/mol. The molecule has 0 radical (unpaired) electrons. The van der Waals surface area contributed by atoms with Crippen molar-refractivity contribution < 1.29 is 9.53 Å². The molecule has 1 aromatic carbocycles. The largest absolute Gasteiger partial charge is 0.488 e. The highest BCUT2D eigenvalue weighted by atomic mass is 16.5. The fourth-order valence-corrected chi connectivity index (χ4v) is 2.44. The number of aromatic nitrogens is 1. The van der Waals surface area contributed by atoms with Gasteiger partial charge in [0.1, 0.15) is 17.7 Å². The van der Waals surface area contributed by atoms with Gasteiger partial charge in [-0.2, -0.15) is 0 Å². The van der Waals surface area contributed by atoms with E-state index in [4.69, 9.17) is 4.74 Å². The highest BCUT2D eigenvalue weighted by Crippen LogP contribution is 2.23. The molecule has 1 saturated heterocycles. The number of carbonyl (C=O) groups is 1. The molecule has 20 heavy (non-hydrogen) atoms. The van der Waals surface area contributed by atoms with E-state index in [2.05, 4.69) is 9.88 Å². The number of para-hydroxylation sites is 1. The number of anilines is 1. The quantitative estimate of drug-likeness (QED) is 0.799. The Hall–Kier alpha value is -2.36. The molecule has 4 heteroatoms. The van der Waals surface area contributed by atoms with Gasteiger partial charge in [0.25, 0.3) is 0 Å². The summed E-state index contributed by atoms with van der Waals surface area (Å²) in [6.45, 7) is 1.72. The number of carbonyl (C=O) groups excluding carboxylic acids is 1. The lowest BCUT2D eigenvalue weighted by Crippen LogP contribution is -2.25. The third-order valence-corrected chi connectivity index (χ3v) is 3.46. The normalized spacial score (nSPS) is 18.0. The van der Waals surface area contributed by atoms with Crippen LogP contribution in [0.15, 0.2) is 48.7 Å². The van der Waals surface area contributed by atoms with Gasteiger partial charge in [-0.3, -0.25) is 4.79 Å². The molecule has 0 saturated carbocycles. The van der Waals surface area contributed by atoms with E-state index < -0.39 is 0 Å². The van der Waals surface area contributed by atoms with Crippen molar-refractivity contribution in [3.05, 3.63) is 54.2 Å². The van der Waals surface area contributed by atoms with E-state index in [9.17, 15) is 4.79 Å². The van der Waals surface area contributed by atoms with Gasteiger partial charge in [-0.15, -0.1) is 0 Å². The van der Waals surface area contributed by atoms with E-state index in [1.807, 2.05) is 36.4 Å². The van der Waals surface area contributed by atoms with Crippen LogP contribution in [-0.4, -0.2) is 30.5 Å². The summed E-state index contributed by atoms with van der Waals surface area (Å²) in [6, 6.07) is 13.2. The van der Waals surface area contributed by atoms with Crippen molar-refractivity contribution in [1.29, 1.82) is 0 Å². The molecule has 1 atom stereocenters. The lowest BCUT2D eigenvalue weighted by molar-refractivity contribution is 0.111. The van der Waals surface area contributed by atoms with Crippen molar-refractivity contribution in [2.24, 2.45) is 0 Å². The maximum absolute atomic E-state index is 11.0.